The largest absolute Gasteiger partial charge is 0.481 e. The summed E-state index contributed by atoms with van der Waals surface area (Å²) in [6.07, 6.45) is 6.91. The van der Waals surface area contributed by atoms with Gasteiger partial charge >= 0.3 is 0 Å². The molecule has 1 saturated carbocycles. The molecule has 25 heavy (non-hydrogen) atoms. The summed E-state index contributed by atoms with van der Waals surface area (Å²) in [4.78, 5) is 17.7. The molecule has 0 amide bonds. The van der Waals surface area contributed by atoms with Crippen molar-refractivity contribution in [3.63, 3.8) is 0 Å². The average molecular weight is 360 g/mol. The highest BCUT2D eigenvalue weighted by atomic mass is 35.5. The Balaban J connectivity index is 1.48. The zero-order chi connectivity index (χ0) is 17.2. The Morgan fingerprint density at radius 2 is 2.12 bits per heavy atom. The summed E-state index contributed by atoms with van der Waals surface area (Å²) in [5.41, 5.74) is 1.09. The van der Waals surface area contributed by atoms with Crippen LogP contribution in [0.2, 0.25) is 5.15 Å². The van der Waals surface area contributed by atoms with Crippen molar-refractivity contribution in [1.29, 1.82) is 0 Å². The lowest BCUT2D eigenvalue weighted by Gasteiger charge is -2.30. The van der Waals surface area contributed by atoms with Gasteiger partial charge < -0.3 is 9.64 Å². The number of halogens is 1. The van der Waals surface area contributed by atoms with Gasteiger partial charge in [-0.1, -0.05) is 17.7 Å². The first-order chi connectivity index (χ1) is 12.2. The normalized spacial score (nSPS) is 20.6. The second kappa shape index (κ2) is 7.14. The number of hydrogen-bond donors (Lipinski definition) is 0. The first-order valence-electron chi connectivity index (χ1n) is 8.70. The van der Waals surface area contributed by atoms with Crippen molar-refractivity contribution in [3.8, 4) is 5.88 Å². The number of methoxy groups -OCH3 is 1. The number of hydrogen-bond acceptors (Lipinski definition) is 6. The summed E-state index contributed by atoms with van der Waals surface area (Å²) >= 11 is 6.21. The van der Waals surface area contributed by atoms with Crippen molar-refractivity contribution in [3.05, 3.63) is 41.4 Å². The molecule has 6 nitrogen and oxygen atoms in total. The van der Waals surface area contributed by atoms with Crippen LogP contribution in [0.4, 0.5) is 5.82 Å². The zero-order valence-corrected chi connectivity index (χ0v) is 15.1. The lowest BCUT2D eigenvalue weighted by Crippen LogP contribution is -2.39. The Morgan fingerprint density at radius 3 is 2.88 bits per heavy atom. The van der Waals surface area contributed by atoms with Crippen LogP contribution in [0.5, 0.6) is 5.88 Å². The van der Waals surface area contributed by atoms with Gasteiger partial charge in [-0.15, -0.1) is 0 Å². The van der Waals surface area contributed by atoms with Crippen molar-refractivity contribution >= 4 is 17.4 Å². The second-order valence-corrected chi connectivity index (χ2v) is 7.05. The van der Waals surface area contributed by atoms with Crippen LogP contribution in [-0.4, -0.2) is 52.1 Å². The highest BCUT2D eigenvalue weighted by molar-refractivity contribution is 6.30. The van der Waals surface area contributed by atoms with Crippen LogP contribution in [0.3, 0.4) is 0 Å². The molecule has 0 aromatic carbocycles. The third kappa shape index (κ3) is 3.70. The molecule has 0 N–H and O–H groups in total. The molecule has 1 atom stereocenters. The monoisotopic (exact) mass is 359 g/mol. The number of pyridine rings is 1. The molecule has 1 aliphatic carbocycles. The summed E-state index contributed by atoms with van der Waals surface area (Å²) in [6.45, 7) is 2.91. The van der Waals surface area contributed by atoms with Gasteiger partial charge in [-0.3, -0.25) is 4.90 Å². The molecule has 4 rings (SSSR count). The molecule has 1 unspecified atom stereocenters. The number of aromatic nitrogens is 3. The molecule has 2 aliphatic rings. The summed E-state index contributed by atoms with van der Waals surface area (Å²) < 4.78 is 5.27. The SMILES string of the molecule is COc1cc(N(C2CC2)C2CCN(Cc3cccnc3Cl)C2)ncn1. The maximum Gasteiger partial charge on any atom is 0.218 e. The van der Waals surface area contributed by atoms with Crippen molar-refractivity contribution in [1.82, 2.24) is 19.9 Å². The Morgan fingerprint density at radius 1 is 1.24 bits per heavy atom. The highest BCUT2D eigenvalue weighted by Crippen LogP contribution is 2.36. The number of anilines is 1. The van der Waals surface area contributed by atoms with Crippen LogP contribution in [0, 0.1) is 0 Å². The van der Waals surface area contributed by atoms with Gasteiger partial charge in [0.05, 0.1) is 7.11 Å². The van der Waals surface area contributed by atoms with Gasteiger partial charge in [0.15, 0.2) is 0 Å². The van der Waals surface area contributed by atoms with Crippen LogP contribution in [0.1, 0.15) is 24.8 Å². The Labute approximate surface area is 152 Å². The van der Waals surface area contributed by atoms with Crippen molar-refractivity contribution in [2.45, 2.75) is 37.9 Å². The minimum absolute atomic E-state index is 0.461. The molecule has 0 radical (unpaired) electrons. The second-order valence-electron chi connectivity index (χ2n) is 6.69. The topological polar surface area (TPSA) is 54.4 Å². The van der Waals surface area contributed by atoms with E-state index in [1.807, 2.05) is 12.1 Å². The smallest absolute Gasteiger partial charge is 0.218 e. The van der Waals surface area contributed by atoms with Gasteiger partial charge in [-0.05, 0) is 25.3 Å². The fourth-order valence-electron chi connectivity index (χ4n) is 3.57. The van der Waals surface area contributed by atoms with Gasteiger partial charge in [0, 0.05) is 49.5 Å². The maximum atomic E-state index is 6.21. The summed E-state index contributed by atoms with van der Waals surface area (Å²) in [5.74, 6) is 1.59. The van der Waals surface area contributed by atoms with E-state index in [0.717, 1.165) is 37.4 Å². The third-order valence-electron chi connectivity index (χ3n) is 4.91. The Bertz CT molecular complexity index is 739. The van der Waals surface area contributed by atoms with E-state index in [1.54, 1.807) is 19.6 Å². The highest BCUT2D eigenvalue weighted by Gasteiger charge is 2.38. The lowest BCUT2D eigenvalue weighted by molar-refractivity contribution is 0.324. The average Bonchev–Trinajstić information content (AvgIpc) is 3.36. The van der Waals surface area contributed by atoms with Crippen LogP contribution in [0.15, 0.2) is 30.7 Å². The summed E-state index contributed by atoms with van der Waals surface area (Å²) in [6, 6.07) is 6.99. The van der Waals surface area contributed by atoms with Crippen LogP contribution in [0.25, 0.3) is 0 Å². The number of ether oxygens (including phenoxy) is 1. The number of nitrogens with zero attached hydrogens (tertiary/aromatic N) is 5. The molecule has 132 valence electrons. The predicted molar refractivity (Wildman–Crippen MR) is 97.0 cm³/mol. The fraction of sp³-hybridized carbons (Fsp3) is 0.500. The van der Waals surface area contributed by atoms with Gasteiger partial charge in [0.2, 0.25) is 5.88 Å². The van der Waals surface area contributed by atoms with Gasteiger partial charge in [0.25, 0.3) is 0 Å². The molecule has 2 aromatic rings. The molecule has 0 bridgehead atoms. The molecule has 3 heterocycles. The minimum Gasteiger partial charge on any atom is -0.481 e. The summed E-state index contributed by atoms with van der Waals surface area (Å²) in [5, 5.41) is 0.602. The lowest BCUT2D eigenvalue weighted by atomic mass is 10.2. The van der Waals surface area contributed by atoms with Crippen molar-refractivity contribution < 1.29 is 4.74 Å². The number of rotatable bonds is 6. The van der Waals surface area contributed by atoms with Gasteiger partial charge in [0.1, 0.15) is 17.3 Å². The molecule has 1 saturated heterocycles. The van der Waals surface area contributed by atoms with Crippen molar-refractivity contribution in [2.75, 3.05) is 25.1 Å². The molecular formula is C18H22ClN5O. The third-order valence-corrected chi connectivity index (χ3v) is 5.25. The van der Waals surface area contributed by atoms with Crippen LogP contribution in [-0.2, 0) is 6.54 Å². The maximum absolute atomic E-state index is 6.21. The van der Waals surface area contributed by atoms with E-state index in [4.69, 9.17) is 16.3 Å². The minimum atomic E-state index is 0.461. The first-order valence-corrected chi connectivity index (χ1v) is 9.08. The van der Waals surface area contributed by atoms with Crippen LogP contribution < -0.4 is 9.64 Å². The molecule has 7 heteroatoms. The summed E-state index contributed by atoms with van der Waals surface area (Å²) in [7, 11) is 1.64. The molecular weight excluding hydrogens is 338 g/mol. The molecule has 0 spiro atoms. The van der Waals surface area contributed by atoms with E-state index >= 15 is 0 Å². The molecule has 2 aromatic heterocycles. The number of likely N-dealkylation sites (tertiary alicyclic amines) is 1. The Kier molecular flexibility index (Phi) is 4.72. The predicted octanol–water partition coefficient (Wildman–Crippen LogP) is 2.78. The van der Waals surface area contributed by atoms with E-state index in [2.05, 4.69) is 30.8 Å². The van der Waals surface area contributed by atoms with Crippen molar-refractivity contribution in [2.24, 2.45) is 0 Å². The molecule has 2 fully saturated rings. The van der Waals surface area contributed by atoms with Gasteiger partial charge in [-0.2, -0.15) is 0 Å². The van der Waals surface area contributed by atoms with Gasteiger partial charge in [-0.25, -0.2) is 15.0 Å². The quantitative estimate of drug-likeness (QED) is 0.739. The standard InChI is InChI=1S/C18H22ClN5O/c1-25-17-9-16(21-12-22-17)24(14-4-5-14)15-6-8-23(11-15)10-13-3-2-7-20-18(13)19/h2-3,7,9,12,14-15H,4-6,8,10-11H2,1H3. The fourth-order valence-corrected chi connectivity index (χ4v) is 3.75. The zero-order valence-electron chi connectivity index (χ0n) is 14.3. The first kappa shape index (κ1) is 16.5. The van der Waals surface area contributed by atoms with E-state index in [0.29, 0.717) is 23.1 Å². The van der Waals surface area contributed by atoms with E-state index in [1.165, 1.54) is 12.8 Å². The van der Waals surface area contributed by atoms with E-state index in [9.17, 15) is 0 Å². The van der Waals surface area contributed by atoms with E-state index < -0.39 is 0 Å². The van der Waals surface area contributed by atoms with E-state index in [-0.39, 0.29) is 0 Å². The molecule has 1 aliphatic heterocycles. The Hall–Kier alpha value is -1.92. The van der Waals surface area contributed by atoms with Crippen LogP contribution >= 0.6 is 11.6 Å².